The molecule has 2 nitrogen and oxygen atoms in total. The molecule has 1 aromatic carbocycles. The molecule has 0 amide bonds. The highest BCUT2D eigenvalue weighted by atomic mass is 15.1. The Morgan fingerprint density at radius 1 is 1.33 bits per heavy atom. The lowest BCUT2D eigenvalue weighted by Crippen LogP contribution is -2.11. The average Bonchev–Trinajstić information content (AvgIpc) is 2.03. The van der Waals surface area contributed by atoms with Crippen molar-refractivity contribution < 1.29 is 0 Å². The van der Waals surface area contributed by atoms with E-state index in [-0.39, 0.29) is 0 Å². The zero-order valence-corrected chi connectivity index (χ0v) is 7.63. The van der Waals surface area contributed by atoms with Gasteiger partial charge in [0.1, 0.15) is 6.07 Å². The van der Waals surface area contributed by atoms with Gasteiger partial charge in [-0.05, 0) is 18.6 Å². The summed E-state index contributed by atoms with van der Waals surface area (Å²) in [7, 11) is 3.90. The minimum absolute atomic E-state index is 0.736. The number of aryl methyl sites for hydroxylation is 1. The second kappa shape index (κ2) is 3.27. The maximum Gasteiger partial charge on any atom is 0.101 e. The molecule has 0 fully saturated rings. The van der Waals surface area contributed by atoms with Crippen LogP contribution in [0.25, 0.3) is 0 Å². The highest BCUT2D eigenvalue weighted by Crippen LogP contribution is 2.21. The Labute approximate surface area is 73.0 Å². The van der Waals surface area contributed by atoms with E-state index < -0.39 is 0 Å². The van der Waals surface area contributed by atoms with Gasteiger partial charge < -0.3 is 4.90 Å². The molecule has 0 aliphatic rings. The summed E-state index contributed by atoms with van der Waals surface area (Å²) >= 11 is 0. The van der Waals surface area contributed by atoms with Gasteiger partial charge in [-0.15, -0.1) is 0 Å². The van der Waals surface area contributed by atoms with Crippen LogP contribution in [0.3, 0.4) is 0 Å². The topological polar surface area (TPSA) is 27.0 Å². The minimum atomic E-state index is 0.736. The molecule has 0 bridgehead atoms. The highest BCUT2D eigenvalue weighted by Gasteiger charge is 2.05. The van der Waals surface area contributed by atoms with Gasteiger partial charge >= 0.3 is 0 Å². The summed E-state index contributed by atoms with van der Waals surface area (Å²) in [6, 6.07) is 7.93. The van der Waals surface area contributed by atoms with Crippen molar-refractivity contribution in [3.8, 4) is 6.07 Å². The molecule has 1 rings (SSSR count). The average molecular weight is 160 g/mol. The van der Waals surface area contributed by atoms with E-state index >= 15 is 0 Å². The van der Waals surface area contributed by atoms with E-state index in [2.05, 4.69) is 6.07 Å². The maximum atomic E-state index is 8.82. The molecule has 0 aromatic heterocycles. The SMILES string of the molecule is Cc1cccc(C#N)c1N(C)C. The first-order valence-corrected chi connectivity index (χ1v) is 3.84. The number of nitrogens with zero attached hydrogens (tertiary/aromatic N) is 2. The summed E-state index contributed by atoms with van der Waals surface area (Å²) in [5.74, 6) is 0. The molecule has 0 N–H and O–H groups in total. The predicted octanol–water partition coefficient (Wildman–Crippen LogP) is 1.93. The van der Waals surface area contributed by atoms with Crippen molar-refractivity contribution in [3.05, 3.63) is 29.3 Å². The summed E-state index contributed by atoms with van der Waals surface area (Å²) in [6.45, 7) is 2.01. The van der Waals surface area contributed by atoms with Crippen LogP contribution < -0.4 is 4.90 Å². The van der Waals surface area contributed by atoms with E-state index in [0.29, 0.717) is 0 Å². The summed E-state index contributed by atoms with van der Waals surface area (Å²) in [5.41, 5.74) is 2.89. The summed E-state index contributed by atoms with van der Waals surface area (Å²) in [6.07, 6.45) is 0. The van der Waals surface area contributed by atoms with Gasteiger partial charge in [0.05, 0.1) is 11.3 Å². The van der Waals surface area contributed by atoms with Crippen molar-refractivity contribution in [1.29, 1.82) is 5.26 Å². The van der Waals surface area contributed by atoms with Crippen molar-refractivity contribution in [2.45, 2.75) is 6.92 Å². The molecule has 0 spiro atoms. The highest BCUT2D eigenvalue weighted by molar-refractivity contribution is 5.63. The Bertz CT molecular complexity index is 321. The monoisotopic (exact) mass is 160 g/mol. The number of anilines is 1. The molecule has 62 valence electrons. The third-order valence-corrected chi connectivity index (χ3v) is 1.81. The van der Waals surface area contributed by atoms with Crippen molar-refractivity contribution in [3.63, 3.8) is 0 Å². The van der Waals surface area contributed by atoms with Crippen LogP contribution in [0.2, 0.25) is 0 Å². The van der Waals surface area contributed by atoms with Crippen molar-refractivity contribution in [2.75, 3.05) is 19.0 Å². The fraction of sp³-hybridized carbons (Fsp3) is 0.300. The van der Waals surface area contributed by atoms with E-state index in [1.54, 1.807) is 0 Å². The van der Waals surface area contributed by atoms with Crippen LogP contribution in [0.1, 0.15) is 11.1 Å². The van der Waals surface area contributed by atoms with Gasteiger partial charge in [0.25, 0.3) is 0 Å². The van der Waals surface area contributed by atoms with Crippen LogP contribution in [-0.2, 0) is 0 Å². The predicted molar refractivity (Wildman–Crippen MR) is 50.2 cm³/mol. The summed E-state index contributed by atoms with van der Waals surface area (Å²) < 4.78 is 0. The van der Waals surface area contributed by atoms with E-state index in [1.165, 1.54) is 0 Å². The van der Waals surface area contributed by atoms with Gasteiger partial charge in [-0.1, -0.05) is 12.1 Å². The van der Waals surface area contributed by atoms with Crippen LogP contribution in [0.5, 0.6) is 0 Å². The van der Waals surface area contributed by atoms with Crippen LogP contribution in [0, 0.1) is 18.3 Å². The molecule has 0 saturated heterocycles. The molecule has 0 heterocycles. The second-order valence-corrected chi connectivity index (χ2v) is 2.98. The van der Waals surface area contributed by atoms with Gasteiger partial charge in [0.15, 0.2) is 0 Å². The number of hydrogen-bond acceptors (Lipinski definition) is 2. The molecule has 0 aliphatic carbocycles. The number of hydrogen-bond donors (Lipinski definition) is 0. The lowest BCUT2D eigenvalue weighted by Gasteiger charge is -2.16. The largest absolute Gasteiger partial charge is 0.376 e. The molecule has 0 unspecified atom stereocenters. The van der Waals surface area contributed by atoms with E-state index in [9.17, 15) is 0 Å². The zero-order chi connectivity index (χ0) is 9.14. The van der Waals surface area contributed by atoms with Crippen LogP contribution in [-0.4, -0.2) is 14.1 Å². The van der Waals surface area contributed by atoms with Gasteiger partial charge in [-0.25, -0.2) is 0 Å². The summed E-state index contributed by atoms with van der Waals surface area (Å²) in [4.78, 5) is 1.97. The van der Waals surface area contributed by atoms with Gasteiger partial charge in [-0.2, -0.15) is 5.26 Å². The van der Waals surface area contributed by atoms with E-state index in [0.717, 1.165) is 16.8 Å². The van der Waals surface area contributed by atoms with Gasteiger partial charge in [0.2, 0.25) is 0 Å². The Hall–Kier alpha value is -1.49. The molecular formula is C10H12N2. The third-order valence-electron chi connectivity index (χ3n) is 1.81. The third kappa shape index (κ3) is 1.40. The van der Waals surface area contributed by atoms with Crippen LogP contribution in [0.15, 0.2) is 18.2 Å². The Morgan fingerprint density at radius 3 is 2.42 bits per heavy atom. The second-order valence-electron chi connectivity index (χ2n) is 2.98. The normalized spacial score (nSPS) is 9.17. The fourth-order valence-electron chi connectivity index (χ4n) is 1.34. The summed E-state index contributed by atoms with van der Waals surface area (Å²) in [5, 5.41) is 8.82. The fourth-order valence-corrected chi connectivity index (χ4v) is 1.34. The number of rotatable bonds is 1. The molecule has 0 aliphatic heterocycles. The van der Waals surface area contributed by atoms with Crippen molar-refractivity contribution in [2.24, 2.45) is 0 Å². The van der Waals surface area contributed by atoms with E-state index in [4.69, 9.17) is 5.26 Å². The lowest BCUT2D eigenvalue weighted by atomic mass is 10.1. The first-order chi connectivity index (χ1) is 5.66. The molecule has 0 saturated carbocycles. The first-order valence-electron chi connectivity index (χ1n) is 3.84. The quantitative estimate of drug-likeness (QED) is 0.627. The Balaban J connectivity index is 3.32. The van der Waals surface area contributed by atoms with Crippen LogP contribution in [0.4, 0.5) is 5.69 Å². The van der Waals surface area contributed by atoms with Crippen LogP contribution >= 0.6 is 0 Å². The van der Waals surface area contributed by atoms with Gasteiger partial charge in [-0.3, -0.25) is 0 Å². The Kier molecular flexibility index (Phi) is 2.35. The zero-order valence-electron chi connectivity index (χ0n) is 7.63. The molecule has 2 heteroatoms. The van der Waals surface area contributed by atoms with E-state index in [1.807, 2.05) is 44.1 Å². The molecule has 0 radical (unpaired) electrons. The number of benzene rings is 1. The maximum absolute atomic E-state index is 8.82. The molecule has 1 aromatic rings. The number of nitriles is 1. The van der Waals surface area contributed by atoms with Gasteiger partial charge in [0, 0.05) is 14.1 Å². The molecule has 12 heavy (non-hydrogen) atoms. The first kappa shape index (κ1) is 8.61. The molecule has 0 atom stereocenters. The Morgan fingerprint density at radius 2 is 2.00 bits per heavy atom. The van der Waals surface area contributed by atoms with Crippen molar-refractivity contribution in [1.82, 2.24) is 0 Å². The standard InChI is InChI=1S/C10H12N2/c1-8-5-4-6-9(7-11)10(8)12(2)3/h4-6H,1-3H3. The lowest BCUT2D eigenvalue weighted by molar-refractivity contribution is 1.11. The molecular weight excluding hydrogens is 148 g/mol. The smallest absolute Gasteiger partial charge is 0.101 e. The number of para-hydroxylation sites is 1. The minimum Gasteiger partial charge on any atom is -0.376 e. The van der Waals surface area contributed by atoms with Crippen molar-refractivity contribution >= 4 is 5.69 Å².